The molecule has 0 unspecified atom stereocenters. The van der Waals surface area contributed by atoms with Gasteiger partial charge in [0.05, 0.1) is 5.75 Å². The van der Waals surface area contributed by atoms with E-state index in [4.69, 9.17) is 5.11 Å². The second kappa shape index (κ2) is 5.52. The molecule has 1 aromatic rings. The van der Waals surface area contributed by atoms with Crippen molar-refractivity contribution < 1.29 is 18.3 Å². The number of benzene rings is 1. The molecule has 0 saturated carbocycles. The van der Waals surface area contributed by atoms with Gasteiger partial charge in [0.1, 0.15) is 5.75 Å². The molecule has 0 atom stereocenters. The largest absolute Gasteiger partial charge is 0.480 e. The number of hydrogen-bond acceptors (Lipinski definition) is 3. The van der Waals surface area contributed by atoms with Crippen molar-refractivity contribution in [2.24, 2.45) is 0 Å². The monoisotopic (exact) mass is 270 g/mol. The summed E-state index contributed by atoms with van der Waals surface area (Å²) >= 11 is 0. The molecule has 5 heteroatoms. The van der Waals surface area contributed by atoms with Gasteiger partial charge in [-0.2, -0.15) is 0 Å². The van der Waals surface area contributed by atoms with Crippen LogP contribution in [0.3, 0.4) is 0 Å². The van der Waals surface area contributed by atoms with Gasteiger partial charge in [0.15, 0.2) is 9.84 Å². The lowest BCUT2D eigenvalue weighted by atomic mass is 9.98. The summed E-state index contributed by atoms with van der Waals surface area (Å²) < 4.78 is 23.0. The molecule has 0 fully saturated rings. The molecule has 0 aliphatic carbocycles. The van der Waals surface area contributed by atoms with E-state index < -0.39 is 21.6 Å². The van der Waals surface area contributed by atoms with Crippen LogP contribution >= 0.6 is 0 Å². The summed E-state index contributed by atoms with van der Waals surface area (Å²) in [5.74, 6) is -2.21. The molecule has 1 aromatic carbocycles. The van der Waals surface area contributed by atoms with Gasteiger partial charge in [0, 0.05) is 0 Å². The molecular weight excluding hydrogens is 252 g/mol. The molecule has 1 rings (SSSR count). The summed E-state index contributed by atoms with van der Waals surface area (Å²) in [6.45, 7) is 5.88. The van der Waals surface area contributed by atoms with Crippen LogP contribution < -0.4 is 0 Å². The summed E-state index contributed by atoms with van der Waals surface area (Å²) in [7, 11) is -3.52. The number of sulfone groups is 1. The van der Waals surface area contributed by atoms with Gasteiger partial charge in [-0.1, -0.05) is 17.7 Å². The van der Waals surface area contributed by atoms with Crippen LogP contribution in [0.15, 0.2) is 12.1 Å². The molecule has 0 saturated heterocycles. The lowest BCUT2D eigenvalue weighted by Gasteiger charge is -2.11. The first-order valence-corrected chi connectivity index (χ1v) is 7.52. The minimum absolute atomic E-state index is 0.121. The second-order valence-corrected chi connectivity index (χ2v) is 6.80. The average Bonchev–Trinajstić information content (AvgIpc) is 2.12. The van der Waals surface area contributed by atoms with Crippen LogP contribution in [0, 0.1) is 20.8 Å². The van der Waals surface area contributed by atoms with E-state index in [1.165, 1.54) is 0 Å². The lowest BCUT2D eigenvalue weighted by Crippen LogP contribution is -2.20. The number of rotatable bonds is 5. The molecule has 18 heavy (non-hydrogen) atoms. The number of carboxylic acid groups (broad SMARTS) is 1. The molecular formula is C13H18O4S. The minimum Gasteiger partial charge on any atom is -0.480 e. The Morgan fingerprint density at radius 1 is 1.17 bits per heavy atom. The third-order valence-electron chi connectivity index (χ3n) is 2.85. The van der Waals surface area contributed by atoms with Crippen LogP contribution in [0.25, 0.3) is 0 Å². The Kier molecular flexibility index (Phi) is 4.51. The van der Waals surface area contributed by atoms with Gasteiger partial charge in [0.2, 0.25) is 0 Å². The SMILES string of the molecule is Cc1cc(C)c(CCS(=O)(=O)CC(=O)O)c(C)c1. The van der Waals surface area contributed by atoms with Gasteiger partial charge < -0.3 is 5.11 Å². The van der Waals surface area contributed by atoms with Crippen LogP contribution in [0.2, 0.25) is 0 Å². The minimum atomic E-state index is -3.52. The van der Waals surface area contributed by atoms with Gasteiger partial charge in [-0.3, -0.25) is 4.79 Å². The van der Waals surface area contributed by atoms with Gasteiger partial charge in [0.25, 0.3) is 0 Å². The molecule has 0 heterocycles. The van der Waals surface area contributed by atoms with Crippen molar-refractivity contribution in [1.82, 2.24) is 0 Å². The number of carbonyl (C=O) groups is 1. The molecule has 0 aliphatic rings. The lowest BCUT2D eigenvalue weighted by molar-refractivity contribution is -0.134. The topological polar surface area (TPSA) is 71.4 Å². The van der Waals surface area contributed by atoms with Crippen molar-refractivity contribution in [3.63, 3.8) is 0 Å². The van der Waals surface area contributed by atoms with E-state index in [9.17, 15) is 13.2 Å². The van der Waals surface area contributed by atoms with E-state index in [1.54, 1.807) is 0 Å². The molecule has 0 aliphatic heterocycles. The van der Waals surface area contributed by atoms with Crippen LogP contribution in [-0.4, -0.2) is 31.0 Å². The molecule has 0 bridgehead atoms. The van der Waals surface area contributed by atoms with Gasteiger partial charge in [-0.15, -0.1) is 0 Å². The van der Waals surface area contributed by atoms with Crippen molar-refractivity contribution in [1.29, 1.82) is 0 Å². The zero-order valence-corrected chi connectivity index (χ0v) is 11.7. The Hall–Kier alpha value is -1.36. The van der Waals surface area contributed by atoms with Gasteiger partial charge in [-0.25, -0.2) is 8.42 Å². The van der Waals surface area contributed by atoms with Crippen molar-refractivity contribution in [2.45, 2.75) is 27.2 Å². The highest BCUT2D eigenvalue weighted by Gasteiger charge is 2.16. The fourth-order valence-corrected chi connectivity index (χ4v) is 3.16. The van der Waals surface area contributed by atoms with Crippen LogP contribution in [0.5, 0.6) is 0 Å². The van der Waals surface area contributed by atoms with Gasteiger partial charge >= 0.3 is 5.97 Å². The predicted octanol–water partition coefficient (Wildman–Crippen LogP) is 1.65. The Bertz CT molecular complexity index is 535. The average molecular weight is 270 g/mol. The Morgan fingerprint density at radius 3 is 2.11 bits per heavy atom. The fourth-order valence-electron chi connectivity index (χ4n) is 2.12. The molecule has 100 valence electrons. The molecule has 0 aromatic heterocycles. The number of carboxylic acids is 1. The summed E-state index contributed by atoms with van der Waals surface area (Å²) in [5, 5.41) is 8.51. The zero-order chi connectivity index (χ0) is 13.9. The summed E-state index contributed by atoms with van der Waals surface area (Å²) in [4.78, 5) is 10.4. The summed E-state index contributed by atoms with van der Waals surface area (Å²) in [6.07, 6.45) is 0.369. The molecule has 0 spiro atoms. The van der Waals surface area contributed by atoms with Crippen molar-refractivity contribution in [3.8, 4) is 0 Å². The Balaban J connectivity index is 2.85. The van der Waals surface area contributed by atoms with Crippen LogP contribution in [-0.2, 0) is 21.1 Å². The predicted molar refractivity (Wildman–Crippen MR) is 70.6 cm³/mol. The van der Waals surface area contributed by atoms with Gasteiger partial charge in [-0.05, 0) is 43.9 Å². The molecule has 4 nitrogen and oxygen atoms in total. The van der Waals surface area contributed by atoms with E-state index in [0.717, 1.165) is 22.3 Å². The quantitative estimate of drug-likeness (QED) is 0.883. The summed E-state index contributed by atoms with van der Waals surface area (Å²) in [6, 6.07) is 4.01. The highest BCUT2D eigenvalue weighted by atomic mass is 32.2. The zero-order valence-electron chi connectivity index (χ0n) is 10.9. The van der Waals surface area contributed by atoms with Crippen LogP contribution in [0.1, 0.15) is 22.3 Å². The normalized spacial score (nSPS) is 11.5. The molecule has 0 amide bonds. The smallest absolute Gasteiger partial charge is 0.318 e. The highest BCUT2D eigenvalue weighted by molar-refractivity contribution is 7.92. The maximum Gasteiger partial charge on any atom is 0.318 e. The van der Waals surface area contributed by atoms with Crippen molar-refractivity contribution >= 4 is 15.8 Å². The Labute approximate surface area is 108 Å². The third kappa shape index (κ3) is 4.14. The first-order chi connectivity index (χ1) is 8.21. The van der Waals surface area contributed by atoms with Crippen molar-refractivity contribution in [3.05, 3.63) is 34.4 Å². The standard InChI is InChI=1S/C13H18O4S/c1-9-6-10(2)12(11(3)7-9)4-5-18(16,17)8-13(14)15/h6-7H,4-5,8H2,1-3H3,(H,14,15). The van der Waals surface area contributed by atoms with Crippen molar-refractivity contribution in [2.75, 3.05) is 11.5 Å². The first kappa shape index (κ1) is 14.7. The number of aliphatic carboxylic acids is 1. The van der Waals surface area contributed by atoms with E-state index in [0.29, 0.717) is 6.42 Å². The second-order valence-electron chi connectivity index (χ2n) is 4.61. The number of hydrogen-bond donors (Lipinski definition) is 1. The maximum absolute atomic E-state index is 11.5. The van der Waals surface area contributed by atoms with E-state index in [1.807, 2.05) is 32.9 Å². The third-order valence-corrected chi connectivity index (χ3v) is 4.36. The number of aryl methyl sites for hydroxylation is 3. The van der Waals surface area contributed by atoms with E-state index in [2.05, 4.69) is 0 Å². The maximum atomic E-state index is 11.5. The first-order valence-electron chi connectivity index (χ1n) is 5.70. The highest BCUT2D eigenvalue weighted by Crippen LogP contribution is 2.17. The van der Waals surface area contributed by atoms with Crippen LogP contribution in [0.4, 0.5) is 0 Å². The fraction of sp³-hybridized carbons (Fsp3) is 0.462. The van der Waals surface area contributed by atoms with E-state index in [-0.39, 0.29) is 5.75 Å². The Morgan fingerprint density at radius 2 is 1.67 bits per heavy atom. The molecule has 0 radical (unpaired) electrons. The molecule has 1 N–H and O–H groups in total. The van der Waals surface area contributed by atoms with E-state index >= 15 is 0 Å². The summed E-state index contributed by atoms with van der Waals surface area (Å²) in [5.41, 5.74) is 4.24.